The van der Waals surface area contributed by atoms with E-state index in [0.717, 1.165) is 26.9 Å². The summed E-state index contributed by atoms with van der Waals surface area (Å²) in [5, 5.41) is 13.4. The van der Waals surface area contributed by atoms with Gasteiger partial charge in [0.15, 0.2) is 6.20 Å². The number of benzene rings is 1. The van der Waals surface area contributed by atoms with Crippen LogP contribution >= 0.6 is 0 Å². The molecule has 0 saturated carbocycles. The van der Waals surface area contributed by atoms with Gasteiger partial charge in [0, 0.05) is 53.6 Å². The second-order valence-corrected chi connectivity index (χ2v) is 6.98. The molecule has 142 valence electrons. The van der Waals surface area contributed by atoms with Crippen LogP contribution < -0.4 is 4.73 Å². The molecule has 0 unspecified atom stereocenters. The molecule has 0 fully saturated rings. The van der Waals surface area contributed by atoms with E-state index >= 15 is 0 Å². The molecule has 0 saturated heterocycles. The Labute approximate surface area is 166 Å². The quantitative estimate of drug-likeness (QED) is 0.399. The van der Waals surface area contributed by atoms with E-state index in [4.69, 9.17) is 0 Å². The van der Waals surface area contributed by atoms with Gasteiger partial charge in [0.2, 0.25) is 5.69 Å². The van der Waals surface area contributed by atoms with Crippen molar-refractivity contribution in [3.63, 3.8) is 0 Å². The third-order valence-corrected chi connectivity index (χ3v) is 5.21. The van der Waals surface area contributed by atoms with Gasteiger partial charge in [0.1, 0.15) is 18.4 Å². The lowest BCUT2D eigenvalue weighted by atomic mass is 10.0. The van der Waals surface area contributed by atoms with Crippen LogP contribution in [-0.2, 0) is 13.0 Å². The predicted molar refractivity (Wildman–Crippen MR) is 107 cm³/mol. The molecule has 1 aliphatic rings. The van der Waals surface area contributed by atoms with Crippen LogP contribution in [0.3, 0.4) is 0 Å². The van der Waals surface area contributed by atoms with Gasteiger partial charge in [-0.3, -0.25) is 9.78 Å². The smallest absolute Gasteiger partial charge is 0.261 e. The molecule has 1 amide bonds. The fourth-order valence-corrected chi connectivity index (χ4v) is 3.74. The zero-order chi connectivity index (χ0) is 19.8. The number of carbonyl (C=O) groups excluding carboxylic acids is 1. The molecule has 7 heteroatoms. The van der Waals surface area contributed by atoms with Crippen LogP contribution in [0, 0.1) is 5.21 Å². The summed E-state index contributed by atoms with van der Waals surface area (Å²) in [6.07, 6.45) is 6.78. The highest BCUT2D eigenvalue weighted by atomic mass is 16.5. The lowest BCUT2D eigenvalue weighted by Gasteiger charge is -2.14. The topological polar surface area (TPSA) is 85.9 Å². The minimum absolute atomic E-state index is 0.148. The van der Waals surface area contributed by atoms with E-state index in [9.17, 15) is 10.0 Å². The van der Waals surface area contributed by atoms with E-state index < -0.39 is 0 Å². The Balaban J connectivity index is 1.41. The SMILES string of the molecule is O=C1c2c(-c3cncnc3)cc[n+]([O-])c2CN1CCc1ccc2ccccc2n1. The van der Waals surface area contributed by atoms with Gasteiger partial charge in [-0.15, -0.1) is 0 Å². The van der Waals surface area contributed by atoms with Crippen LogP contribution in [0.2, 0.25) is 0 Å². The lowest BCUT2D eigenvalue weighted by molar-refractivity contribution is -0.614. The van der Waals surface area contributed by atoms with Crippen molar-refractivity contribution in [2.45, 2.75) is 13.0 Å². The highest BCUT2D eigenvalue weighted by Gasteiger charge is 2.36. The summed E-state index contributed by atoms with van der Waals surface area (Å²) in [6.45, 7) is 0.774. The van der Waals surface area contributed by atoms with Gasteiger partial charge < -0.3 is 10.1 Å². The third-order valence-electron chi connectivity index (χ3n) is 5.21. The Morgan fingerprint density at radius 3 is 2.76 bits per heavy atom. The minimum Gasteiger partial charge on any atom is -0.618 e. The molecule has 0 atom stereocenters. The number of fused-ring (bicyclic) bond motifs is 2. The normalized spacial score (nSPS) is 13.1. The predicted octanol–water partition coefficient (Wildman–Crippen LogP) is 2.52. The highest BCUT2D eigenvalue weighted by molar-refractivity contribution is 6.03. The number of nitrogens with zero attached hydrogens (tertiary/aromatic N) is 5. The summed E-state index contributed by atoms with van der Waals surface area (Å²) in [4.78, 5) is 27.5. The molecule has 0 aliphatic carbocycles. The Kier molecular flexibility index (Phi) is 4.13. The Morgan fingerprint density at radius 2 is 1.90 bits per heavy atom. The summed E-state index contributed by atoms with van der Waals surface area (Å²) in [6, 6.07) is 13.6. The van der Waals surface area contributed by atoms with Gasteiger partial charge in [-0.25, -0.2) is 9.97 Å². The Morgan fingerprint density at radius 1 is 1.07 bits per heavy atom. The largest absolute Gasteiger partial charge is 0.618 e. The maximum Gasteiger partial charge on any atom is 0.261 e. The minimum atomic E-state index is -0.148. The zero-order valence-electron chi connectivity index (χ0n) is 15.5. The van der Waals surface area contributed by atoms with E-state index in [2.05, 4.69) is 15.0 Å². The monoisotopic (exact) mass is 383 g/mol. The maximum absolute atomic E-state index is 13.1. The van der Waals surface area contributed by atoms with Crippen LogP contribution in [0.25, 0.3) is 22.0 Å². The number of hydrogen-bond donors (Lipinski definition) is 0. The van der Waals surface area contributed by atoms with Crippen LogP contribution in [-0.4, -0.2) is 32.3 Å². The van der Waals surface area contributed by atoms with Crippen LogP contribution in [0.15, 0.2) is 67.4 Å². The van der Waals surface area contributed by atoms with E-state index in [1.165, 1.54) is 12.5 Å². The number of para-hydroxylation sites is 1. The first-order chi connectivity index (χ1) is 14.2. The standard InChI is InChI=1S/C22H17N5O2/c28-22-21-18(16-11-23-14-24-12-16)8-10-27(29)20(21)13-26(22)9-7-17-6-5-15-3-1-2-4-19(15)25-17/h1-6,8,10-12,14H,7,9,13H2. The summed E-state index contributed by atoms with van der Waals surface area (Å²) in [7, 11) is 0. The summed E-state index contributed by atoms with van der Waals surface area (Å²) in [5.74, 6) is -0.148. The summed E-state index contributed by atoms with van der Waals surface area (Å²) >= 11 is 0. The van der Waals surface area contributed by atoms with E-state index in [-0.39, 0.29) is 12.5 Å². The first-order valence-corrected chi connectivity index (χ1v) is 9.35. The molecule has 0 radical (unpaired) electrons. The van der Waals surface area contributed by atoms with Gasteiger partial charge in [-0.1, -0.05) is 24.3 Å². The Hall–Kier alpha value is -3.87. The summed E-state index contributed by atoms with van der Waals surface area (Å²) in [5.41, 5.74) is 4.15. The molecular weight excluding hydrogens is 366 g/mol. The van der Waals surface area contributed by atoms with Crippen LogP contribution in [0.5, 0.6) is 0 Å². The molecule has 1 aromatic carbocycles. The van der Waals surface area contributed by atoms with Gasteiger partial charge in [0.05, 0.1) is 5.52 Å². The van der Waals surface area contributed by atoms with E-state index in [1.54, 1.807) is 23.4 Å². The van der Waals surface area contributed by atoms with Crippen molar-refractivity contribution in [2.24, 2.45) is 0 Å². The van der Waals surface area contributed by atoms with Crippen molar-refractivity contribution in [1.82, 2.24) is 19.9 Å². The fraction of sp³-hybridized carbons (Fsp3) is 0.136. The first-order valence-electron chi connectivity index (χ1n) is 9.35. The van der Waals surface area contributed by atoms with Crippen molar-refractivity contribution in [1.29, 1.82) is 0 Å². The van der Waals surface area contributed by atoms with Crippen molar-refractivity contribution < 1.29 is 9.52 Å². The van der Waals surface area contributed by atoms with Crippen molar-refractivity contribution in [3.05, 3.63) is 89.5 Å². The number of pyridine rings is 2. The number of aromatic nitrogens is 4. The zero-order valence-corrected chi connectivity index (χ0v) is 15.5. The molecule has 3 aromatic heterocycles. The number of amides is 1. The molecular formula is C22H17N5O2. The second-order valence-electron chi connectivity index (χ2n) is 6.98. The molecule has 29 heavy (non-hydrogen) atoms. The van der Waals surface area contributed by atoms with Crippen LogP contribution in [0.1, 0.15) is 21.7 Å². The average Bonchev–Trinajstić information content (AvgIpc) is 3.10. The molecule has 7 nitrogen and oxygen atoms in total. The van der Waals surface area contributed by atoms with Gasteiger partial charge >= 0.3 is 0 Å². The molecule has 4 aromatic rings. The number of carbonyl (C=O) groups is 1. The van der Waals surface area contributed by atoms with Crippen LogP contribution in [0.4, 0.5) is 0 Å². The fourth-order valence-electron chi connectivity index (χ4n) is 3.74. The molecule has 4 heterocycles. The van der Waals surface area contributed by atoms with Crippen molar-refractivity contribution in [3.8, 4) is 11.1 Å². The maximum atomic E-state index is 13.1. The highest BCUT2D eigenvalue weighted by Crippen LogP contribution is 2.30. The molecule has 5 rings (SSSR count). The van der Waals surface area contributed by atoms with E-state index in [1.807, 2.05) is 36.4 Å². The lowest BCUT2D eigenvalue weighted by Crippen LogP contribution is -2.32. The molecule has 1 aliphatic heterocycles. The van der Waals surface area contributed by atoms with E-state index in [0.29, 0.717) is 29.8 Å². The number of rotatable bonds is 4. The second kappa shape index (κ2) is 6.94. The number of hydrogen-bond acceptors (Lipinski definition) is 5. The first kappa shape index (κ1) is 17.2. The van der Waals surface area contributed by atoms with Crippen molar-refractivity contribution >= 4 is 16.8 Å². The average molecular weight is 383 g/mol. The van der Waals surface area contributed by atoms with Gasteiger partial charge in [-0.05, 0) is 12.1 Å². The Bertz CT molecular complexity index is 1230. The molecule has 0 spiro atoms. The summed E-state index contributed by atoms with van der Waals surface area (Å²) < 4.78 is 0.773. The molecule has 0 bridgehead atoms. The van der Waals surface area contributed by atoms with Gasteiger partial charge in [0.25, 0.3) is 5.91 Å². The van der Waals surface area contributed by atoms with Crippen molar-refractivity contribution in [2.75, 3.05) is 6.54 Å². The third kappa shape index (κ3) is 3.06. The van der Waals surface area contributed by atoms with Gasteiger partial charge in [-0.2, -0.15) is 4.73 Å². The molecule has 0 N–H and O–H groups in total.